The van der Waals surface area contributed by atoms with Crippen molar-refractivity contribution in [3.63, 3.8) is 0 Å². The molecule has 0 radical (unpaired) electrons. The number of nitrogens with two attached hydrogens (primary N) is 1. The molecule has 1 aliphatic heterocycles. The Morgan fingerprint density at radius 2 is 2.33 bits per heavy atom. The molecule has 0 aromatic rings. The van der Waals surface area contributed by atoms with Crippen LogP contribution >= 0.6 is 0 Å². The van der Waals surface area contributed by atoms with Gasteiger partial charge in [-0.3, -0.25) is 0 Å². The Labute approximate surface area is 55.1 Å². The molecular weight excluding hydrogens is 118 g/mol. The lowest BCUT2D eigenvalue weighted by molar-refractivity contribution is -0.0948. The van der Waals surface area contributed by atoms with Gasteiger partial charge in [0.25, 0.3) is 0 Å². The smallest absolute Gasteiger partial charge is 0.0957 e. The summed E-state index contributed by atoms with van der Waals surface area (Å²) in [6, 6.07) is 0.0882. The van der Waals surface area contributed by atoms with E-state index in [1.807, 2.05) is 6.92 Å². The molecule has 2 N–H and O–H groups in total. The molecule has 0 aromatic carbocycles. The quantitative estimate of drug-likeness (QED) is 0.533. The van der Waals surface area contributed by atoms with Crippen LogP contribution in [0.2, 0.25) is 0 Å². The Hall–Kier alpha value is -0.120. The summed E-state index contributed by atoms with van der Waals surface area (Å²) in [5, 5.41) is 0. The summed E-state index contributed by atoms with van der Waals surface area (Å²) in [6.07, 6.45) is 0.110. The third-order valence-electron chi connectivity index (χ3n) is 1.43. The van der Waals surface area contributed by atoms with Crippen LogP contribution in [0, 0.1) is 0 Å². The predicted octanol–water partition coefficient (Wildman–Crippen LogP) is -0.251. The molecule has 1 heterocycles. The second-order valence-electron chi connectivity index (χ2n) is 2.34. The first kappa shape index (κ1) is 6.99. The number of hydrogen-bond acceptors (Lipinski definition) is 3. The Balaban J connectivity index is 2.23. The fourth-order valence-corrected chi connectivity index (χ4v) is 0.810. The molecular formula is C6H13NO2. The minimum atomic E-state index is 0.0882. The first-order valence-electron chi connectivity index (χ1n) is 3.25. The van der Waals surface area contributed by atoms with Crippen LogP contribution in [0.5, 0.6) is 0 Å². The van der Waals surface area contributed by atoms with Crippen LogP contribution in [-0.2, 0) is 9.47 Å². The van der Waals surface area contributed by atoms with Gasteiger partial charge in [0.05, 0.1) is 25.9 Å². The van der Waals surface area contributed by atoms with E-state index in [-0.39, 0.29) is 12.1 Å². The van der Waals surface area contributed by atoms with Gasteiger partial charge in [-0.25, -0.2) is 0 Å². The zero-order chi connectivity index (χ0) is 6.69. The van der Waals surface area contributed by atoms with Crippen molar-refractivity contribution < 1.29 is 9.47 Å². The van der Waals surface area contributed by atoms with Gasteiger partial charge >= 0.3 is 0 Å². The highest BCUT2D eigenvalue weighted by Crippen LogP contribution is 2.02. The molecule has 1 unspecified atom stereocenters. The molecule has 1 fully saturated rings. The van der Waals surface area contributed by atoms with E-state index in [2.05, 4.69) is 0 Å². The van der Waals surface area contributed by atoms with Crippen molar-refractivity contribution in [3.8, 4) is 0 Å². The second kappa shape index (κ2) is 3.15. The maximum Gasteiger partial charge on any atom is 0.0957 e. The van der Waals surface area contributed by atoms with Crippen LogP contribution in [0.4, 0.5) is 0 Å². The van der Waals surface area contributed by atoms with Gasteiger partial charge in [-0.05, 0) is 6.92 Å². The van der Waals surface area contributed by atoms with Crippen LogP contribution in [0.25, 0.3) is 0 Å². The second-order valence-corrected chi connectivity index (χ2v) is 2.34. The fourth-order valence-electron chi connectivity index (χ4n) is 0.810. The lowest BCUT2D eigenvalue weighted by Gasteiger charge is -2.25. The van der Waals surface area contributed by atoms with Gasteiger partial charge in [-0.2, -0.15) is 0 Å². The van der Waals surface area contributed by atoms with Gasteiger partial charge in [0, 0.05) is 6.04 Å². The molecule has 1 saturated heterocycles. The fraction of sp³-hybridized carbons (Fsp3) is 1.00. The van der Waals surface area contributed by atoms with Crippen molar-refractivity contribution in [2.45, 2.75) is 19.1 Å². The minimum absolute atomic E-state index is 0.0882. The number of ether oxygens (including phenoxy) is 2. The van der Waals surface area contributed by atoms with Crippen LogP contribution in [0.1, 0.15) is 6.92 Å². The molecule has 3 heteroatoms. The molecule has 54 valence electrons. The molecule has 0 spiro atoms. The maximum absolute atomic E-state index is 5.56. The summed E-state index contributed by atoms with van der Waals surface area (Å²) in [6.45, 7) is 3.98. The van der Waals surface area contributed by atoms with Crippen molar-refractivity contribution in [3.05, 3.63) is 0 Å². The van der Waals surface area contributed by atoms with Gasteiger partial charge in [0.2, 0.25) is 0 Å². The Morgan fingerprint density at radius 3 is 2.67 bits per heavy atom. The van der Waals surface area contributed by atoms with Gasteiger partial charge < -0.3 is 15.2 Å². The van der Waals surface area contributed by atoms with Crippen molar-refractivity contribution >= 4 is 0 Å². The SMILES string of the molecule is C[C@@H](N)C1COCCO1. The zero-order valence-electron chi connectivity index (χ0n) is 5.67. The average Bonchev–Trinajstić information content (AvgIpc) is 1.90. The topological polar surface area (TPSA) is 44.5 Å². The first-order chi connectivity index (χ1) is 4.30. The number of hydrogen-bond donors (Lipinski definition) is 1. The molecule has 0 saturated carbocycles. The summed E-state index contributed by atoms with van der Waals surface area (Å²) in [7, 11) is 0. The van der Waals surface area contributed by atoms with Crippen LogP contribution < -0.4 is 5.73 Å². The molecule has 0 aromatic heterocycles. The normalized spacial score (nSPS) is 32.0. The molecule has 2 atom stereocenters. The average molecular weight is 131 g/mol. The van der Waals surface area contributed by atoms with Crippen LogP contribution in [0.3, 0.4) is 0 Å². The van der Waals surface area contributed by atoms with Gasteiger partial charge in [0.15, 0.2) is 0 Å². The lowest BCUT2D eigenvalue weighted by atomic mass is 10.2. The summed E-state index contributed by atoms with van der Waals surface area (Å²) in [4.78, 5) is 0. The monoisotopic (exact) mass is 131 g/mol. The molecule has 9 heavy (non-hydrogen) atoms. The Bertz CT molecular complexity index is 79.1. The molecule has 1 rings (SSSR count). The third kappa shape index (κ3) is 1.93. The Kier molecular flexibility index (Phi) is 2.45. The van der Waals surface area contributed by atoms with E-state index in [9.17, 15) is 0 Å². The van der Waals surface area contributed by atoms with Crippen LogP contribution in [-0.4, -0.2) is 32.0 Å². The maximum atomic E-state index is 5.56. The van der Waals surface area contributed by atoms with Crippen molar-refractivity contribution in [1.82, 2.24) is 0 Å². The highest BCUT2D eigenvalue weighted by atomic mass is 16.6. The van der Waals surface area contributed by atoms with Crippen molar-refractivity contribution in [2.24, 2.45) is 5.73 Å². The van der Waals surface area contributed by atoms with E-state index < -0.39 is 0 Å². The van der Waals surface area contributed by atoms with Gasteiger partial charge in [-0.15, -0.1) is 0 Å². The number of rotatable bonds is 1. The lowest BCUT2D eigenvalue weighted by Crippen LogP contribution is -2.41. The van der Waals surface area contributed by atoms with Gasteiger partial charge in [0.1, 0.15) is 0 Å². The zero-order valence-corrected chi connectivity index (χ0v) is 5.67. The summed E-state index contributed by atoms with van der Waals surface area (Å²) in [5.41, 5.74) is 5.56. The highest BCUT2D eigenvalue weighted by molar-refractivity contribution is 4.69. The van der Waals surface area contributed by atoms with E-state index in [1.54, 1.807) is 0 Å². The molecule has 0 aliphatic carbocycles. The molecule has 3 nitrogen and oxygen atoms in total. The van der Waals surface area contributed by atoms with E-state index in [0.717, 1.165) is 0 Å². The largest absolute Gasteiger partial charge is 0.376 e. The molecule has 0 amide bonds. The summed E-state index contributed by atoms with van der Waals surface area (Å²) >= 11 is 0. The Morgan fingerprint density at radius 1 is 1.56 bits per heavy atom. The van der Waals surface area contributed by atoms with E-state index in [4.69, 9.17) is 15.2 Å². The minimum Gasteiger partial charge on any atom is -0.376 e. The van der Waals surface area contributed by atoms with E-state index in [0.29, 0.717) is 19.8 Å². The summed E-state index contributed by atoms with van der Waals surface area (Å²) in [5.74, 6) is 0. The molecule has 1 aliphatic rings. The van der Waals surface area contributed by atoms with Crippen LogP contribution in [0.15, 0.2) is 0 Å². The van der Waals surface area contributed by atoms with Crippen molar-refractivity contribution in [2.75, 3.05) is 19.8 Å². The highest BCUT2D eigenvalue weighted by Gasteiger charge is 2.17. The molecule has 0 bridgehead atoms. The predicted molar refractivity (Wildman–Crippen MR) is 34.2 cm³/mol. The summed E-state index contributed by atoms with van der Waals surface area (Å²) < 4.78 is 10.4. The first-order valence-corrected chi connectivity index (χ1v) is 3.25. The third-order valence-corrected chi connectivity index (χ3v) is 1.43. The van der Waals surface area contributed by atoms with Crippen molar-refractivity contribution in [1.29, 1.82) is 0 Å². The van der Waals surface area contributed by atoms with E-state index in [1.165, 1.54) is 0 Å². The van der Waals surface area contributed by atoms with E-state index >= 15 is 0 Å². The van der Waals surface area contributed by atoms with Gasteiger partial charge in [-0.1, -0.05) is 0 Å². The standard InChI is InChI=1S/C6H13NO2/c1-5(7)6-4-8-2-3-9-6/h5-6H,2-4,7H2,1H3/t5-,6?/m1/s1.